The third-order valence-electron chi connectivity index (χ3n) is 4.08. The highest BCUT2D eigenvalue weighted by molar-refractivity contribution is 9.10. The standard InChI is InChI=1S/C19H14BrFN4O3/c1-10-4-15-16(28-3-2-27-15)6-12(10)14-8-23-17(9-22-14)25-19(26)18-13(21)5-11(20)7-24-18/h4-9H,2-3H2,1H3,(H,23,25,26). The number of nitrogens with one attached hydrogen (secondary N) is 1. The number of benzene rings is 1. The molecule has 7 nitrogen and oxygen atoms in total. The van der Waals surface area contributed by atoms with E-state index in [1.807, 2.05) is 19.1 Å². The van der Waals surface area contributed by atoms with E-state index in [-0.39, 0.29) is 11.5 Å². The minimum absolute atomic E-state index is 0.188. The molecule has 0 fully saturated rings. The fourth-order valence-electron chi connectivity index (χ4n) is 2.76. The first kappa shape index (κ1) is 18.3. The molecule has 3 heterocycles. The topological polar surface area (TPSA) is 86.2 Å². The van der Waals surface area contributed by atoms with Gasteiger partial charge in [0.2, 0.25) is 0 Å². The van der Waals surface area contributed by atoms with Crippen LogP contribution in [0.5, 0.6) is 11.5 Å². The van der Waals surface area contributed by atoms with E-state index in [4.69, 9.17) is 9.47 Å². The molecular formula is C19H14BrFN4O3. The van der Waals surface area contributed by atoms with Crippen LogP contribution in [0.25, 0.3) is 11.3 Å². The zero-order valence-corrected chi connectivity index (χ0v) is 16.3. The predicted molar refractivity (Wildman–Crippen MR) is 103 cm³/mol. The number of hydrogen-bond donors (Lipinski definition) is 1. The van der Waals surface area contributed by atoms with Crippen LogP contribution in [0.3, 0.4) is 0 Å². The van der Waals surface area contributed by atoms with Gasteiger partial charge in [0.15, 0.2) is 28.8 Å². The molecule has 0 saturated heterocycles. The van der Waals surface area contributed by atoms with Crippen LogP contribution < -0.4 is 14.8 Å². The van der Waals surface area contributed by atoms with Crippen molar-refractivity contribution in [1.29, 1.82) is 0 Å². The second-order valence-corrected chi connectivity index (χ2v) is 6.95. The zero-order chi connectivity index (χ0) is 19.7. The van der Waals surface area contributed by atoms with E-state index in [1.54, 1.807) is 0 Å². The van der Waals surface area contributed by atoms with Crippen LogP contribution in [-0.4, -0.2) is 34.1 Å². The Bertz CT molecular complexity index is 1060. The third kappa shape index (κ3) is 3.65. The lowest BCUT2D eigenvalue weighted by Crippen LogP contribution is -2.16. The second kappa shape index (κ2) is 7.51. The van der Waals surface area contributed by atoms with E-state index < -0.39 is 11.7 Å². The molecule has 2 aromatic heterocycles. The maximum atomic E-state index is 13.9. The van der Waals surface area contributed by atoms with Gasteiger partial charge < -0.3 is 14.8 Å². The number of anilines is 1. The first-order chi connectivity index (χ1) is 13.5. The average Bonchev–Trinajstić information content (AvgIpc) is 2.68. The summed E-state index contributed by atoms with van der Waals surface area (Å²) in [5.74, 6) is 0.107. The molecule has 0 atom stereocenters. The largest absolute Gasteiger partial charge is 0.486 e. The third-order valence-corrected chi connectivity index (χ3v) is 4.52. The lowest BCUT2D eigenvalue weighted by atomic mass is 10.0. The number of hydrogen-bond acceptors (Lipinski definition) is 6. The van der Waals surface area contributed by atoms with E-state index in [2.05, 4.69) is 36.2 Å². The Morgan fingerprint density at radius 1 is 1.07 bits per heavy atom. The first-order valence-corrected chi connectivity index (χ1v) is 9.15. The maximum Gasteiger partial charge on any atom is 0.278 e. The van der Waals surface area contributed by atoms with Crippen molar-refractivity contribution in [2.75, 3.05) is 18.5 Å². The Morgan fingerprint density at radius 2 is 1.82 bits per heavy atom. The monoisotopic (exact) mass is 444 g/mol. The summed E-state index contributed by atoms with van der Waals surface area (Å²) in [6, 6.07) is 4.91. The zero-order valence-electron chi connectivity index (χ0n) is 14.7. The lowest BCUT2D eigenvalue weighted by Gasteiger charge is -2.20. The van der Waals surface area contributed by atoms with Crippen molar-refractivity contribution in [3.8, 4) is 22.8 Å². The van der Waals surface area contributed by atoms with Crippen molar-refractivity contribution in [2.45, 2.75) is 6.92 Å². The molecule has 1 aliphatic rings. The number of aromatic nitrogens is 3. The number of halogens is 2. The Balaban J connectivity index is 1.55. The Hall–Kier alpha value is -3.07. The van der Waals surface area contributed by atoms with Gasteiger partial charge in [-0.3, -0.25) is 9.78 Å². The van der Waals surface area contributed by atoms with Gasteiger partial charge in [0.05, 0.1) is 18.1 Å². The van der Waals surface area contributed by atoms with Crippen molar-refractivity contribution < 1.29 is 18.7 Å². The summed E-state index contributed by atoms with van der Waals surface area (Å²) in [6.45, 7) is 2.95. The predicted octanol–water partition coefficient (Wildman–Crippen LogP) is 3.77. The van der Waals surface area contributed by atoms with E-state index in [0.29, 0.717) is 34.9 Å². The van der Waals surface area contributed by atoms with Crippen molar-refractivity contribution in [3.05, 3.63) is 58.3 Å². The van der Waals surface area contributed by atoms with Crippen LogP contribution in [0.4, 0.5) is 10.2 Å². The highest BCUT2D eigenvalue weighted by Gasteiger charge is 2.17. The van der Waals surface area contributed by atoms with Crippen LogP contribution >= 0.6 is 15.9 Å². The number of nitrogens with zero attached hydrogens (tertiary/aromatic N) is 3. The lowest BCUT2D eigenvalue weighted by molar-refractivity contribution is 0.101. The van der Waals surface area contributed by atoms with Crippen LogP contribution in [0, 0.1) is 12.7 Å². The average molecular weight is 445 g/mol. The number of rotatable bonds is 3. The normalized spacial score (nSPS) is 12.5. The van der Waals surface area contributed by atoms with Gasteiger partial charge in [-0.25, -0.2) is 14.4 Å². The van der Waals surface area contributed by atoms with Gasteiger partial charge in [-0.15, -0.1) is 0 Å². The molecule has 0 aliphatic carbocycles. The quantitative estimate of drug-likeness (QED) is 0.661. The number of pyridine rings is 1. The minimum atomic E-state index is -0.733. The van der Waals surface area contributed by atoms with Crippen molar-refractivity contribution in [3.63, 3.8) is 0 Å². The first-order valence-electron chi connectivity index (χ1n) is 8.36. The van der Waals surface area contributed by atoms with E-state index in [9.17, 15) is 9.18 Å². The van der Waals surface area contributed by atoms with Gasteiger partial charge in [0.1, 0.15) is 13.2 Å². The molecule has 1 N–H and O–H groups in total. The van der Waals surface area contributed by atoms with Crippen LogP contribution in [0.1, 0.15) is 16.1 Å². The van der Waals surface area contributed by atoms with Gasteiger partial charge >= 0.3 is 0 Å². The van der Waals surface area contributed by atoms with Gasteiger partial charge in [-0.2, -0.15) is 0 Å². The SMILES string of the molecule is Cc1cc2c(cc1-c1cnc(NC(=O)c3ncc(Br)cc3F)cn1)OCCO2. The molecule has 1 amide bonds. The second-order valence-electron chi connectivity index (χ2n) is 6.04. The highest BCUT2D eigenvalue weighted by Crippen LogP contribution is 2.36. The summed E-state index contributed by atoms with van der Waals surface area (Å²) in [5, 5.41) is 2.49. The molecule has 0 spiro atoms. The van der Waals surface area contributed by atoms with Gasteiger partial charge in [-0.1, -0.05) is 0 Å². The minimum Gasteiger partial charge on any atom is -0.486 e. The molecule has 4 rings (SSSR count). The molecule has 142 valence electrons. The molecule has 3 aromatic rings. The van der Waals surface area contributed by atoms with Gasteiger partial charge in [-0.05, 0) is 46.6 Å². The van der Waals surface area contributed by atoms with Crippen molar-refractivity contribution in [2.24, 2.45) is 0 Å². The Kier molecular flexibility index (Phi) is 4.91. The number of amides is 1. The van der Waals surface area contributed by atoms with Crippen molar-refractivity contribution in [1.82, 2.24) is 15.0 Å². The fourth-order valence-corrected chi connectivity index (χ4v) is 3.06. The maximum absolute atomic E-state index is 13.9. The van der Waals surface area contributed by atoms with E-state index in [0.717, 1.165) is 11.1 Å². The molecule has 0 saturated carbocycles. The highest BCUT2D eigenvalue weighted by atomic mass is 79.9. The van der Waals surface area contributed by atoms with Crippen LogP contribution in [0.2, 0.25) is 0 Å². The molecular weight excluding hydrogens is 431 g/mol. The molecule has 1 aliphatic heterocycles. The Labute approximate surface area is 168 Å². The van der Waals surface area contributed by atoms with Gasteiger partial charge in [0.25, 0.3) is 5.91 Å². The molecule has 0 radical (unpaired) electrons. The van der Waals surface area contributed by atoms with Crippen LogP contribution in [-0.2, 0) is 0 Å². The van der Waals surface area contributed by atoms with E-state index >= 15 is 0 Å². The summed E-state index contributed by atoms with van der Waals surface area (Å²) >= 11 is 3.10. The smallest absolute Gasteiger partial charge is 0.278 e. The number of fused-ring (bicyclic) bond motifs is 1. The summed E-state index contributed by atoms with van der Waals surface area (Å²) < 4.78 is 25.5. The number of carbonyl (C=O) groups is 1. The summed E-state index contributed by atoms with van der Waals surface area (Å²) in [5.41, 5.74) is 2.09. The van der Waals surface area contributed by atoms with Crippen molar-refractivity contribution >= 4 is 27.7 Å². The molecule has 0 unspecified atom stereocenters. The number of carbonyl (C=O) groups excluding carboxylic acids is 1. The summed E-state index contributed by atoms with van der Waals surface area (Å²) in [7, 11) is 0. The number of ether oxygens (including phenoxy) is 2. The molecule has 28 heavy (non-hydrogen) atoms. The summed E-state index contributed by atoms with van der Waals surface area (Å²) in [4.78, 5) is 24.5. The molecule has 0 bridgehead atoms. The fraction of sp³-hybridized carbons (Fsp3) is 0.158. The molecule has 1 aromatic carbocycles. The van der Waals surface area contributed by atoms with E-state index in [1.165, 1.54) is 24.7 Å². The summed E-state index contributed by atoms with van der Waals surface area (Å²) in [6.07, 6.45) is 4.27. The Morgan fingerprint density at radius 3 is 2.50 bits per heavy atom. The molecule has 9 heteroatoms. The van der Waals surface area contributed by atoms with Crippen LogP contribution in [0.15, 0.2) is 41.3 Å². The van der Waals surface area contributed by atoms with Gasteiger partial charge in [0, 0.05) is 16.2 Å². The number of aryl methyl sites for hydroxylation is 1.